The summed E-state index contributed by atoms with van der Waals surface area (Å²) < 4.78 is 7.01. The highest BCUT2D eigenvalue weighted by Crippen LogP contribution is 2.33. The summed E-state index contributed by atoms with van der Waals surface area (Å²) in [6, 6.07) is 9.03. The first-order chi connectivity index (χ1) is 10.0. The molecule has 0 radical (unpaired) electrons. The van der Waals surface area contributed by atoms with Gasteiger partial charge >= 0.3 is 0 Å². The number of halogens is 2. The van der Waals surface area contributed by atoms with Crippen LogP contribution in [0.15, 0.2) is 39.3 Å². The number of fused-ring (bicyclic) bond motifs is 1. The number of rotatable bonds is 2. The van der Waals surface area contributed by atoms with Gasteiger partial charge in [-0.25, -0.2) is 0 Å². The molecule has 0 saturated carbocycles. The van der Waals surface area contributed by atoms with E-state index in [9.17, 15) is 4.79 Å². The van der Waals surface area contributed by atoms with Crippen molar-refractivity contribution < 1.29 is 9.53 Å². The molecule has 1 amide bonds. The Morgan fingerprint density at radius 3 is 2.81 bits per heavy atom. The van der Waals surface area contributed by atoms with Crippen LogP contribution >= 0.6 is 31.9 Å². The van der Waals surface area contributed by atoms with Gasteiger partial charge in [-0.05, 0) is 51.8 Å². The molecule has 0 atom stereocenters. The van der Waals surface area contributed by atoms with E-state index in [0.717, 1.165) is 26.7 Å². The highest BCUT2D eigenvalue weighted by Gasteiger charge is 2.16. The van der Waals surface area contributed by atoms with E-state index in [0.29, 0.717) is 23.5 Å². The van der Waals surface area contributed by atoms with Crippen LogP contribution in [0.2, 0.25) is 0 Å². The molecule has 1 aliphatic rings. The SMILES string of the molecule is Nc1cc(Br)cc(Br)c1NC(=O)c1ccc2c(c1)CCO2. The zero-order chi connectivity index (χ0) is 15.0. The predicted octanol–water partition coefficient (Wildman–Crippen LogP) is 3.98. The molecule has 108 valence electrons. The fraction of sp³-hybridized carbons (Fsp3) is 0.133. The number of anilines is 2. The maximum atomic E-state index is 12.4. The van der Waals surface area contributed by atoms with Crippen LogP contribution in [0.25, 0.3) is 0 Å². The third kappa shape index (κ3) is 2.91. The Morgan fingerprint density at radius 2 is 2.05 bits per heavy atom. The molecule has 4 nitrogen and oxygen atoms in total. The highest BCUT2D eigenvalue weighted by molar-refractivity contribution is 9.11. The van der Waals surface area contributed by atoms with Gasteiger partial charge in [0.1, 0.15) is 5.75 Å². The van der Waals surface area contributed by atoms with Crippen molar-refractivity contribution in [3.8, 4) is 5.75 Å². The first-order valence-electron chi connectivity index (χ1n) is 6.36. The van der Waals surface area contributed by atoms with Gasteiger partial charge in [0.15, 0.2) is 0 Å². The van der Waals surface area contributed by atoms with E-state index in [1.165, 1.54) is 0 Å². The number of amides is 1. The molecule has 0 saturated heterocycles. The Balaban J connectivity index is 1.87. The lowest BCUT2D eigenvalue weighted by molar-refractivity contribution is 0.102. The zero-order valence-electron chi connectivity index (χ0n) is 11.0. The van der Waals surface area contributed by atoms with Crippen LogP contribution < -0.4 is 15.8 Å². The second-order valence-corrected chi connectivity index (χ2v) is 6.50. The minimum Gasteiger partial charge on any atom is -0.493 e. The number of nitrogens with one attached hydrogen (secondary N) is 1. The number of hydrogen-bond donors (Lipinski definition) is 2. The molecule has 0 aromatic heterocycles. The Morgan fingerprint density at radius 1 is 1.24 bits per heavy atom. The maximum absolute atomic E-state index is 12.4. The largest absolute Gasteiger partial charge is 0.493 e. The summed E-state index contributed by atoms with van der Waals surface area (Å²) in [4.78, 5) is 12.4. The lowest BCUT2D eigenvalue weighted by Crippen LogP contribution is -2.14. The number of nitrogen functional groups attached to an aromatic ring is 1. The molecule has 3 N–H and O–H groups in total. The monoisotopic (exact) mass is 410 g/mol. The van der Waals surface area contributed by atoms with Crippen molar-refractivity contribution in [3.63, 3.8) is 0 Å². The van der Waals surface area contributed by atoms with Crippen molar-refractivity contribution in [1.29, 1.82) is 0 Å². The number of carbonyl (C=O) groups excluding carboxylic acids is 1. The molecule has 0 fully saturated rings. The summed E-state index contributed by atoms with van der Waals surface area (Å²) in [7, 11) is 0. The van der Waals surface area contributed by atoms with Crippen LogP contribution in [0.3, 0.4) is 0 Å². The Labute approximate surface area is 138 Å². The number of hydrogen-bond acceptors (Lipinski definition) is 3. The molecule has 6 heteroatoms. The van der Waals surface area contributed by atoms with Crippen molar-refractivity contribution in [2.24, 2.45) is 0 Å². The quantitative estimate of drug-likeness (QED) is 0.734. The van der Waals surface area contributed by atoms with Crippen molar-refractivity contribution in [1.82, 2.24) is 0 Å². The predicted molar refractivity (Wildman–Crippen MR) is 89.8 cm³/mol. The van der Waals surface area contributed by atoms with Crippen LogP contribution in [-0.4, -0.2) is 12.5 Å². The third-order valence-electron chi connectivity index (χ3n) is 3.28. The number of ether oxygens (including phenoxy) is 1. The number of carbonyl (C=O) groups is 1. The van der Waals surface area contributed by atoms with Crippen molar-refractivity contribution >= 4 is 49.1 Å². The first-order valence-corrected chi connectivity index (χ1v) is 7.95. The number of nitrogens with two attached hydrogens (primary N) is 1. The Hall–Kier alpha value is -1.53. The fourth-order valence-electron chi connectivity index (χ4n) is 2.24. The van der Waals surface area contributed by atoms with Crippen molar-refractivity contribution in [3.05, 3.63) is 50.4 Å². The second kappa shape index (κ2) is 5.69. The standard InChI is InChI=1S/C15H12Br2N2O2/c16-10-6-11(17)14(12(18)7-10)19-15(20)9-1-2-13-8(5-9)3-4-21-13/h1-2,5-7H,3-4,18H2,(H,19,20). The normalized spacial score (nSPS) is 12.7. The fourth-order valence-corrected chi connectivity index (χ4v) is 3.60. The Kier molecular flexibility index (Phi) is 3.91. The van der Waals surface area contributed by atoms with Crippen LogP contribution in [0.5, 0.6) is 5.75 Å². The molecule has 2 aromatic carbocycles. The van der Waals surface area contributed by atoms with Crippen molar-refractivity contribution in [2.45, 2.75) is 6.42 Å². The van der Waals surface area contributed by atoms with Crippen LogP contribution in [0.4, 0.5) is 11.4 Å². The van der Waals surface area contributed by atoms with E-state index in [2.05, 4.69) is 37.2 Å². The van der Waals surface area contributed by atoms with Crippen molar-refractivity contribution in [2.75, 3.05) is 17.7 Å². The van der Waals surface area contributed by atoms with E-state index in [-0.39, 0.29) is 5.91 Å². The van der Waals surface area contributed by atoms with Gasteiger partial charge in [0.2, 0.25) is 0 Å². The van der Waals surface area contributed by atoms with Gasteiger partial charge in [0.05, 0.1) is 18.0 Å². The summed E-state index contributed by atoms with van der Waals surface area (Å²) in [6.07, 6.45) is 0.834. The van der Waals surface area contributed by atoms with Crippen LogP contribution in [-0.2, 0) is 6.42 Å². The first kappa shape index (κ1) is 14.4. The van der Waals surface area contributed by atoms with E-state index in [1.807, 2.05) is 18.2 Å². The number of benzene rings is 2. The zero-order valence-corrected chi connectivity index (χ0v) is 14.1. The molecule has 1 heterocycles. The maximum Gasteiger partial charge on any atom is 0.255 e. The summed E-state index contributed by atoms with van der Waals surface area (Å²) in [6.45, 7) is 0.672. The molecular formula is C15H12Br2N2O2. The molecule has 2 aromatic rings. The summed E-state index contributed by atoms with van der Waals surface area (Å²) >= 11 is 6.76. The highest BCUT2D eigenvalue weighted by atomic mass is 79.9. The van der Waals surface area contributed by atoms with Gasteiger partial charge in [-0.1, -0.05) is 15.9 Å². The lowest BCUT2D eigenvalue weighted by atomic mass is 10.1. The van der Waals surface area contributed by atoms with E-state index >= 15 is 0 Å². The second-order valence-electron chi connectivity index (χ2n) is 4.73. The summed E-state index contributed by atoms with van der Waals surface area (Å²) in [5, 5.41) is 2.84. The Bertz CT molecular complexity index is 709. The van der Waals surface area contributed by atoms with Gasteiger partial charge < -0.3 is 15.8 Å². The van der Waals surface area contributed by atoms with Gasteiger partial charge in [-0.3, -0.25) is 4.79 Å². The minimum atomic E-state index is -0.195. The minimum absolute atomic E-state index is 0.195. The van der Waals surface area contributed by atoms with E-state index in [4.69, 9.17) is 10.5 Å². The molecule has 1 aliphatic heterocycles. The smallest absolute Gasteiger partial charge is 0.255 e. The average Bonchev–Trinajstić information content (AvgIpc) is 2.89. The molecule has 0 spiro atoms. The molecule has 0 aliphatic carbocycles. The summed E-state index contributed by atoms with van der Waals surface area (Å²) in [5.41, 5.74) is 8.66. The summed E-state index contributed by atoms with van der Waals surface area (Å²) in [5.74, 6) is 0.662. The molecule has 3 rings (SSSR count). The van der Waals surface area contributed by atoms with Crippen LogP contribution in [0, 0.1) is 0 Å². The van der Waals surface area contributed by atoms with Gasteiger partial charge in [-0.2, -0.15) is 0 Å². The van der Waals surface area contributed by atoms with Gasteiger partial charge in [0, 0.05) is 20.9 Å². The molecule has 21 heavy (non-hydrogen) atoms. The van der Waals surface area contributed by atoms with Gasteiger partial charge in [-0.15, -0.1) is 0 Å². The molecule has 0 unspecified atom stereocenters. The third-order valence-corrected chi connectivity index (χ3v) is 4.36. The molecular weight excluding hydrogens is 400 g/mol. The molecule has 0 bridgehead atoms. The lowest BCUT2D eigenvalue weighted by Gasteiger charge is -2.11. The average molecular weight is 412 g/mol. The van der Waals surface area contributed by atoms with Gasteiger partial charge in [0.25, 0.3) is 5.91 Å². The topological polar surface area (TPSA) is 64.3 Å². The van der Waals surface area contributed by atoms with E-state index in [1.54, 1.807) is 12.1 Å². The van der Waals surface area contributed by atoms with E-state index < -0.39 is 0 Å². The van der Waals surface area contributed by atoms with Crippen LogP contribution in [0.1, 0.15) is 15.9 Å².